The van der Waals surface area contributed by atoms with Gasteiger partial charge in [0, 0.05) is 30.1 Å². The lowest BCUT2D eigenvalue weighted by molar-refractivity contribution is 0.108. The smallest absolute Gasteiger partial charge is 0.234 e. The van der Waals surface area contributed by atoms with E-state index in [9.17, 15) is 8.42 Å². The fourth-order valence-corrected chi connectivity index (χ4v) is 3.35. The quantitative estimate of drug-likeness (QED) is 0.902. The Bertz CT molecular complexity index is 811. The fourth-order valence-electron chi connectivity index (χ4n) is 2.58. The summed E-state index contributed by atoms with van der Waals surface area (Å²) in [4.78, 5) is 0. The Morgan fingerprint density at radius 3 is 2.91 bits per heavy atom. The van der Waals surface area contributed by atoms with E-state index in [1.807, 2.05) is 37.4 Å². The highest BCUT2D eigenvalue weighted by Crippen LogP contribution is 2.20. The van der Waals surface area contributed by atoms with E-state index in [2.05, 4.69) is 9.82 Å². The molecule has 2 aromatic rings. The molecule has 0 amide bonds. The number of aryl methyl sites for hydroxylation is 1. The average Bonchev–Trinajstić information content (AvgIpc) is 2.89. The molecule has 0 bridgehead atoms. The minimum Gasteiger partial charge on any atom is -0.376 e. The summed E-state index contributed by atoms with van der Waals surface area (Å²) in [7, 11) is -1.64. The van der Waals surface area contributed by atoms with E-state index < -0.39 is 10.0 Å². The Morgan fingerprint density at radius 1 is 1.35 bits per heavy atom. The first-order chi connectivity index (χ1) is 11.1. The van der Waals surface area contributed by atoms with Crippen molar-refractivity contribution in [3.05, 3.63) is 58.3 Å². The monoisotopic (exact) mass is 333 g/mol. The molecule has 1 aliphatic rings. The van der Waals surface area contributed by atoms with Crippen LogP contribution >= 0.6 is 0 Å². The summed E-state index contributed by atoms with van der Waals surface area (Å²) in [6, 6.07) is 9.30. The molecule has 0 unspecified atom stereocenters. The first-order valence-electron chi connectivity index (χ1n) is 7.39. The minimum atomic E-state index is -3.52. The number of nitrogens with zero attached hydrogens (tertiary/aromatic N) is 2. The summed E-state index contributed by atoms with van der Waals surface area (Å²) in [6.07, 6.45) is 2.37. The number of rotatable bonds is 5. The summed E-state index contributed by atoms with van der Waals surface area (Å²) >= 11 is 0. The average molecular weight is 333 g/mol. The van der Waals surface area contributed by atoms with E-state index in [1.54, 1.807) is 10.8 Å². The van der Waals surface area contributed by atoms with Gasteiger partial charge in [-0.2, -0.15) is 5.10 Å². The number of nitrogens with one attached hydrogen (secondary N) is 1. The molecule has 0 radical (unpaired) electrons. The van der Waals surface area contributed by atoms with Gasteiger partial charge in [0.2, 0.25) is 10.0 Å². The molecular weight excluding hydrogens is 314 g/mol. The van der Waals surface area contributed by atoms with Gasteiger partial charge in [0.05, 0.1) is 25.5 Å². The third-order valence-electron chi connectivity index (χ3n) is 3.77. The van der Waals surface area contributed by atoms with Crippen LogP contribution in [0.15, 0.2) is 35.7 Å². The molecule has 1 aliphatic heterocycles. The third kappa shape index (κ3) is 3.87. The maximum atomic E-state index is 12.1. The van der Waals surface area contributed by atoms with Crippen LogP contribution < -0.4 is 4.72 Å². The second-order valence-corrected chi connectivity index (χ2v) is 7.03. The van der Waals surface area contributed by atoms with Gasteiger partial charge in [0.25, 0.3) is 0 Å². The lowest BCUT2D eigenvalue weighted by atomic mass is 10.1. The highest BCUT2D eigenvalue weighted by molar-refractivity contribution is 7.92. The van der Waals surface area contributed by atoms with E-state index in [-0.39, 0.29) is 6.54 Å². The van der Waals surface area contributed by atoms with Crippen LogP contribution in [-0.4, -0.2) is 24.8 Å². The van der Waals surface area contributed by atoms with Gasteiger partial charge in [-0.15, -0.1) is 0 Å². The Morgan fingerprint density at radius 2 is 2.13 bits per heavy atom. The highest BCUT2D eigenvalue weighted by atomic mass is 32.2. The number of ether oxygens (including phenoxy) is 1. The minimum absolute atomic E-state index is 0.161. The van der Waals surface area contributed by atoms with E-state index in [1.165, 1.54) is 5.41 Å². The van der Waals surface area contributed by atoms with Crippen molar-refractivity contribution in [3.8, 4) is 0 Å². The molecular formula is C16H19N3O3S. The molecule has 1 N–H and O–H groups in total. The molecule has 0 fully saturated rings. The molecule has 7 heteroatoms. The van der Waals surface area contributed by atoms with E-state index >= 15 is 0 Å². The lowest BCUT2D eigenvalue weighted by Gasteiger charge is -2.13. The molecule has 0 aliphatic carbocycles. The molecule has 23 heavy (non-hydrogen) atoms. The molecule has 2 heterocycles. The topological polar surface area (TPSA) is 73.2 Å². The highest BCUT2D eigenvalue weighted by Gasteiger charge is 2.20. The first-order valence-corrected chi connectivity index (χ1v) is 8.94. The van der Waals surface area contributed by atoms with Gasteiger partial charge in [-0.3, -0.25) is 4.68 Å². The van der Waals surface area contributed by atoms with Crippen molar-refractivity contribution in [2.45, 2.75) is 19.6 Å². The zero-order valence-electron chi connectivity index (χ0n) is 12.9. The Kier molecular flexibility index (Phi) is 4.61. The van der Waals surface area contributed by atoms with Crippen LogP contribution in [0.2, 0.25) is 0 Å². The summed E-state index contributed by atoms with van der Waals surface area (Å²) in [5.41, 5.74) is 3.67. The lowest BCUT2D eigenvalue weighted by Crippen LogP contribution is -2.22. The van der Waals surface area contributed by atoms with Crippen molar-refractivity contribution in [1.82, 2.24) is 14.5 Å². The van der Waals surface area contributed by atoms with Gasteiger partial charge in [0.15, 0.2) is 0 Å². The van der Waals surface area contributed by atoms with Gasteiger partial charge >= 0.3 is 0 Å². The molecule has 122 valence electrons. The van der Waals surface area contributed by atoms with Gasteiger partial charge in [-0.1, -0.05) is 30.3 Å². The zero-order valence-corrected chi connectivity index (χ0v) is 13.7. The SMILES string of the molecule is Cn1nc(CNS(=O)(=O)C=Cc2ccccc2)c2c1CCOC2. The van der Waals surface area contributed by atoms with Crippen LogP contribution in [0, 0.1) is 0 Å². The summed E-state index contributed by atoms with van der Waals surface area (Å²) in [6.45, 7) is 1.32. The van der Waals surface area contributed by atoms with Gasteiger partial charge in [-0.25, -0.2) is 13.1 Å². The van der Waals surface area contributed by atoms with Crippen molar-refractivity contribution in [2.75, 3.05) is 6.61 Å². The number of sulfonamides is 1. The summed E-state index contributed by atoms with van der Waals surface area (Å²) in [5.74, 6) is 0. The van der Waals surface area contributed by atoms with Gasteiger partial charge in [0.1, 0.15) is 0 Å². The Balaban J connectivity index is 1.69. The predicted octanol–water partition coefficient (Wildman–Crippen LogP) is 1.58. The number of hydrogen-bond donors (Lipinski definition) is 1. The molecule has 1 aromatic carbocycles. The maximum Gasteiger partial charge on any atom is 0.234 e. The molecule has 0 spiro atoms. The van der Waals surface area contributed by atoms with Crippen LogP contribution in [0.3, 0.4) is 0 Å². The largest absolute Gasteiger partial charge is 0.376 e. The predicted molar refractivity (Wildman–Crippen MR) is 87.8 cm³/mol. The van der Waals surface area contributed by atoms with Crippen molar-refractivity contribution in [1.29, 1.82) is 0 Å². The van der Waals surface area contributed by atoms with Crippen LogP contribution in [0.5, 0.6) is 0 Å². The standard InChI is InChI=1S/C16H19N3O3S/c1-19-16-7-9-22-12-14(16)15(18-19)11-17-23(20,21)10-8-13-5-3-2-4-6-13/h2-6,8,10,17H,7,9,11-12H2,1H3. The van der Waals surface area contributed by atoms with Crippen molar-refractivity contribution in [3.63, 3.8) is 0 Å². The normalized spacial score (nSPS) is 15.0. The number of benzene rings is 1. The number of fused-ring (bicyclic) bond motifs is 1. The van der Waals surface area contributed by atoms with Crippen molar-refractivity contribution >= 4 is 16.1 Å². The van der Waals surface area contributed by atoms with Crippen LogP contribution in [0.25, 0.3) is 6.08 Å². The first kappa shape index (κ1) is 15.9. The molecule has 0 atom stereocenters. The summed E-state index contributed by atoms with van der Waals surface area (Å²) < 4.78 is 34.0. The maximum absolute atomic E-state index is 12.1. The van der Waals surface area contributed by atoms with Crippen molar-refractivity contribution < 1.29 is 13.2 Å². The van der Waals surface area contributed by atoms with E-state index in [0.717, 1.165) is 28.9 Å². The van der Waals surface area contributed by atoms with Crippen LogP contribution in [0.4, 0.5) is 0 Å². The second-order valence-electron chi connectivity index (χ2n) is 5.38. The zero-order chi connectivity index (χ0) is 16.3. The molecule has 3 rings (SSSR count). The third-order valence-corrected chi connectivity index (χ3v) is 4.81. The molecule has 6 nitrogen and oxygen atoms in total. The number of hydrogen-bond acceptors (Lipinski definition) is 4. The fraction of sp³-hybridized carbons (Fsp3) is 0.312. The molecule has 0 saturated carbocycles. The van der Waals surface area contributed by atoms with Crippen LogP contribution in [-0.2, 0) is 41.4 Å². The summed E-state index contributed by atoms with van der Waals surface area (Å²) in [5, 5.41) is 5.57. The van der Waals surface area contributed by atoms with Gasteiger partial charge < -0.3 is 4.74 Å². The van der Waals surface area contributed by atoms with Crippen molar-refractivity contribution in [2.24, 2.45) is 7.05 Å². The van der Waals surface area contributed by atoms with Crippen LogP contribution in [0.1, 0.15) is 22.5 Å². The second kappa shape index (κ2) is 6.66. The number of aromatic nitrogens is 2. The van der Waals surface area contributed by atoms with E-state index in [4.69, 9.17) is 4.74 Å². The van der Waals surface area contributed by atoms with Gasteiger partial charge in [-0.05, 0) is 11.6 Å². The Labute approximate surface area is 135 Å². The molecule has 0 saturated heterocycles. The molecule has 1 aromatic heterocycles. The van der Waals surface area contributed by atoms with E-state index in [0.29, 0.717) is 13.2 Å². The Hall–Kier alpha value is -1.96.